The molecular weight excluding hydrogens is 162 g/mol. The minimum atomic E-state index is 0.140. The molecule has 2 rings (SSSR count). The van der Waals surface area contributed by atoms with E-state index in [2.05, 4.69) is 6.54 Å². The maximum absolute atomic E-state index is 11.5. The third-order valence-electron chi connectivity index (χ3n) is 2.23. The molecule has 0 unspecified atom stereocenters. The van der Waals surface area contributed by atoms with Crippen LogP contribution in [0.1, 0.15) is 18.1 Å². The molecule has 2 radical (unpaired) electrons. The molecule has 1 aromatic carbocycles. The van der Waals surface area contributed by atoms with Gasteiger partial charge in [-0.05, 0) is 18.1 Å². The molecule has 0 aliphatic carbocycles. The number of fused-ring (bicyclic) bond motifs is 1. The number of amides is 1. The second-order valence-electron chi connectivity index (χ2n) is 3.08. The lowest BCUT2D eigenvalue weighted by molar-refractivity contribution is -0.129. The van der Waals surface area contributed by atoms with Gasteiger partial charge in [0, 0.05) is 6.54 Å². The van der Waals surface area contributed by atoms with Crippen LogP contribution in [0.5, 0.6) is 0 Å². The van der Waals surface area contributed by atoms with Gasteiger partial charge in [0.1, 0.15) is 6.54 Å². The van der Waals surface area contributed by atoms with E-state index in [9.17, 15) is 4.79 Å². The summed E-state index contributed by atoms with van der Waals surface area (Å²) in [5.74, 6) is 0.140. The summed E-state index contributed by atoms with van der Waals surface area (Å²) in [6.07, 6.45) is 0.511. The van der Waals surface area contributed by atoms with Crippen LogP contribution in [0, 0.1) is 6.54 Å². The lowest BCUT2D eigenvalue weighted by atomic mass is 9.99. The standard InChI is InChI=1S/C11H11NO/c1-2-12-8-10-6-4-3-5-9(10)7-11(12)13/h3-6H,2,7H2,1H3. The van der Waals surface area contributed by atoms with Crippen molar-refractivity contribution >= 4 is 5.91 Å². The highest BCUT2D eigenvalue weighted by Crippen LogP contribution is 2.20. The number of carbonyl (C=O) groups excluding carboxylic acids is 1. The zero-order valence-corrected chi connectivity index (χ0v) is 7.58. The van der Waals surface area contributed by atoms with Crippen LogP contribution in [0.2, 0.25) is 0 Å². The van der Waals surface area contributed by atoms with Gasteiger partial charge in [0.05, 0.1) is 6.42 Å². The fourth-order valence-electron chi connectivity index (χ4n) is 1.51. The van der Waals surface area contributed by atoms with Gasteiger partial charge in [0.25, 0.3) is 0 Å². The van der Waals surface area contributed by atoms with Gasteiger partial charge in [0.2, 0.25) is 5.91 Å². The maximum Gasteiger partial charge on any atom is 0.227 e. The van der Waals surface area contributed by atoms with Crippen LogP contribution < -0.4 is 0 Å². The van der Waals surface area contributed by atoms with E-state index >= 15 is 0 Å². The summed E-state index contributed by atoms with van der Waals surface area (Å²) in [7, 11) is 0. The van der Waals surface area contributed by atoms with Crippen LogP contribution in [-0.4, -0.2) is 17.4 Å². The number of hydrogen-bond donors (Lipinski definition) is 0. The van der Waals surface area contributed by atoms with Crippen LogP contribution in [0.25, 0.3) is 0 Å². The number of benzene rings is 1. The molecule has 1 aromatic rings. The number of nitrogens with zero attached hydrogens (tertiary/aromatic N) is 1. The summed E-state index contributed by atoms with van der Waals surface area (Å²) >= 11 is 0. The summed E-state index contributed by atoms with van der Waals surface area (Å²) in [5.41, 5.74) is 2.13. The van der Waals surface area contributed by atoms with Crippen molar-refractivity contribution in [3.63, 3.8) is 0 Å². The van der Waals surface area contributed by atoms with Crippen molar-refractivity contribution in [2.75, 3.05) is 6.54 Å². The van der Waals surface area contributed by atoms with Crippen molar-refractivity contribution in [3.8, 4) is 0 Å². The monoisotopic (exact) mass is 173 g/mol. The highest BCUT2D eigenvalue weighted by atomic mass is 16.2. The molecule has 2 heteroatoms. The molecule has 1 aliphatic rings. The summed E-state index contributed by atoms with van der Waals surface area (Å²) in [6.45, 7) is 5.74. The van der Waals surface area contributed by atoms with Crippen molar-refractivity contribution in [1.82, 2.24) is 4.90 Å². The summed E-state index contributed by atoms with van der Waals surface area (Å²) in [4.78, 5) is 13.1. The summed E-state index contributed by atoms with van der Waals surface area (Å²) < 4.78 is 0. The lowest BCUT2D eigenvalue weighted by Gasteiger charge is -2.25. The summed E-state index contributed by atoms with van der Waals surface area (Å²) in [5, 5.41) is 0. The molecule has 1 amide bonds. The van der Waals surface area contributed by atoms with Gasteiger partial charge in [-0.3, -0.25) is 4.79 Å². The van der Waals surface area contributed by atoms with E-state index in [1.165, 1.54) is 0 Å². The van der Waals surface area contributed by atoms with E-state index in [-0.39, 0.29) is 5.91 Å². The SMILES string of the molecule is CCN1[C]c2ccccc2CC1=O. The molecule has 0 N–H and O–H groups in total. The quantitative estimate of drug-likeness (QED) is 0.630. The van der Waals surface area contributed by atoms with Crippen LogP contribution >= 0.6 is 0 Å². The smallest absolute Gasteiger partial charge is 0.227 e. The van der Waals surface area contributed by atoms with Gasteiger partial charge >= 0.3 is 0 Å². The van der Waals surface area contributed by atoms with Crippen LogP contribution in [-0.2, 0) is 11.2 Å². The number of rotatable bonds is 1. The first-order chi connectivity index (χ1) is 6.31. The zero-order valence-electron chi connectivity index (χ0n) is 7.58. The predicted molar refractivity (Wildman–Crippen MR) is 49.9 cm³/mol. The second-order valence-corrected chi connectivity index (χ2v) is 3.08. The maximum atomic E-state index is 11.5. The molecular formula is C11H11NO. The van der Waals surface area contributed by atoms with E-state index < -0.39 is 0 Å². The Bertz CT molecular complexity index is 333. The van der Waals surface area contributed by atoms with Gasteiger partial charge in [-0.1, -0.05) is 24.3 Å². The molecule has 0 spiro atoms. The van der Waals surface area contributed by atoms with E-state index in [1.54, 1.807) is 4.90 Å². The molecule has 1 aliphatic heterocycles. The Morgan fingerprint density at radius 1 is 1.46 bits per heavy atom. The Morgan fingerprint density at radius 2 is 2.23 bits per heavy atom. The van der Waals surface area contributed by atoms with Crippen LogP contribution in [0.4, 0.5) is 0 Å². The van der Waals surface area contributed by atoms with Crippen molar-refractivity contribution < 1.29 is 4.79 Å². The largest absolute Gasteiger partial charge is 0.327 e. The first kappa shape index (κ1) is 8.30. The van der Waals surface area contributed by atoms with E-state index in [0.29, 0.717) is 13.0 Å². The fraction of sp³-hybridized carbons (Fsp3) is 0.273. The second kappa shape index (κ2) is 3.21. The Kier molecular flexibility index (Phi) is 2.05. The molecule has 66 valence electrons. The molecule has 0 saturated heterocycles. The first-order valence-electron chi connectivity index (χ1n) is 4.46. The van der Waals surface area contributed by atoms with Gasteiger partial charge in [-0.25, -0.2) is 0 Å². The van der Waals surface area contributed by atoms with E-state index in [1.807, 2.05) is 31.2 Å². The van der Waals surface area contributed by atoms with Crippen molar-refractivity contribution in [2.24, 2.45) is 0 Å². The van der Waals surface area contributed by atoms with Crippen LogP contribution in [0.3, 0.4) is 0 Å². The summed E-state index contributed by atoms with van der Waals surface area (Å²) in [6, 6.07) is 7.89. The van der Waals surface area contributed by atoms with E-state index in [4.69, 9.17) is 0 Å². The third kappa shape index (κ3) is 1.44. The normalized spacial score (nSPS) is 15.8. The van der Waals surface area contributed by atoms with Crippen molar-refractivity contribution in [2.45, 2.75) is 13.3 Å². The van der Waals surface area contributed by atoms with Gasteiger partial charge in [0.15, 0.2) is 0 Å². The Hall–Kier alpha value is -1.31. The lowest BCUT2D eigenvalue weighted by Crippen LogP contribution is -2.34. The number of likely N-dealkylation sites (N-methyl/N-ethyl adjacent to an activating group) is 1. The predicted octanol–water partition coefficient (Wildman–Crippen LogP) is 1.48. The van der Waals surface area contributed by atoms with Crippen molar-refractivity contribution in [3.05, 3.63) is 41.9 Å². The van der Waals surface area contributed by atoms with Gasteiger partial charge in [-0.2, -0.15) is 0 Å². The minimum absolute atomic E-state index is 0.140. The molecule has 0 bridgehead atoms. The fourth-order valence-corrected chi connectivity index (χ4v) is 1.51. The third-order valence-corrected chi connectivity index (χ3v) is 2.23. The topological polar surface area (TPSA) is 20.3 Å². The molecule has 13 heavy (non-hydrogen) atoms. The average Bonchev–Trinajstić information content (AvgIpc) is 2.17. The first-order valence-corrected chi connectivity index (χ1v) is 4.46. The molecule has 2 nitrogen and oxygen atoms in total. The highest BCUT2D eigenvalue weighted by Gasteiger charge is 2.21. The molecule has 0 aromatic heterocycles. The molecule has 0 atom stereocenters. The van der Waals surface area contributed by atoms with Crippen LogP contribution in [0.15, 0.2) is 24.3 Å². The Morgan fingerprint density at radius 3 is 3.00 bits per heavy atom. The number of carbonyl (C=O) groups is 1. The molecule has 0 saturated carbocycles. The molecule has 1 heterocycles. The minimum Gasteiger partial charge on any atom is -0.327 e. The molecule has 0 fully saturated rings. The van der Waals surface area contributed by atoms with Gasteiger partial charge < -0.3 is 4.90 Å². The Balaban J connectivity index is 2.33. The van der Waals surface area contributed by atoms with Gasteiger partial charge in [-0.15, -0.1) is 0 Å². The van der Waals surface area contributed by atoms with E-state index in [0.717, 1.165) is 11.1 Å². The number of hydrogen-bond acceptors (Lipinski definition) is 1. The highest BCUT2D eigenvalue weighted by molar-refractivity contribution is 5.82. The Labute approximate surface area is 78.2 Å². The zero-order chi connectivity index (χ0) is 9.26. The van der Waals surface area contributed by atoms with Crippen molar-refractivity contribution in [1.29, 1.82) is 0 Å². The average molecular weight is 173 g/mol.